The SMILES string of the molecule is COc1cc(C(C(=O)Nc2ccc(N3CCOCC3)cc2)N(Cc2ccc(Cl)cc2)C(=O)CSc2nc(C)cc(C)n2)cc(OC)c1OC. The van der Waals surface area contributed by atoms with Crippen molar-refractivity contribution < 1.29 is 28.5 Å². The number of hydrogen-bond acceptors (Lipinski definition) is 10. The Balaban J connectivity index is 1.54. The Morgan fingerprint density at radius 2 is 1.53 bits per heavy atom. The molecule has 1 aliphatic heterocycles. The van der Waals surface area contributed by atoms with Crippen molar-refractivity contribution in [2.45, 2.75) is 31.6 Å². The van der Waals surface area contributed by atoms with Gasteiger partial charge in [0.25, 0.3) is 5.91 Å². The number of nitrogens with one attached hydrogen (secondary N) is 1. The summed E-state index contributed by atoms with van der Waals surface area (Å²) < 4.78 is 22.3. The van der Waals surface area contributed by atoms with Crippen LogP contribution >= 0.6 is 23.4 Å². The monoisotopic (exact) mass is 705 g/mol. The van der Waals surface area contributed by atoms with Crippen LogP contribution < -0.4 is 24.4 Å². The minimum Gasteiger partial charge on any atom is -0.493 e. The van der Waals surface area contributed by atoms with Crippen molar-refractivity contribution >= 4 is 46.6 Å². The van der Waals surface area contributed by atoms with E-state index in [4.69, 9.17) is 30.5 Å². The summed E-state index contributed by atoms with van der Waals surface area (Å²) in [6.07, 6.45) is 0. The van der Waals surface area contributed by atoms with E-state index in [2.05, 4.69) is 20.2 Å². The summed E-state index contributed by atoms with van der Waals surface area (Å²) in [4.78, 5) is 41.6. The number of benzene rings is 3. The number of carbonyl (C=O) groups is 2. The molecular weight excluding hydrogens is 666 g/mol. The number of halogens is 1. The van der Waals surface area contributed by atoms with E-state index in [1.165, 1.54) is 38.0 Å². The third-order valence-electron chi connectivity index (χ3n) is 7.95. The predicted molar refractivity (Wildman–Crippen MR) is 191 cm³/mol. The van der Waals surface area contributed by atoms with Crippen LogP contribution in [0.3, 0.4) is 0 Å². The molecule has 1 aliphatic rings. The number of morpholine rings is 1. The van der Waals surface area contributed by atoms with Gasteiger partial charge >= 0.3 is 0 Å². The maximum atomic E-state index is 14.5. The molecule has 4 aromatic rings. The summed E-state index contributed by atoms with van der Waals surface area (Å²) in [7, 11) is 4.51. The summed E-state index contributed by atoms with van der Waals surface area (Å²) in [5.74, 6) is 0.314. The topological polar surface area (TPSA) is 115 Å². The Bertz CT molecular complexity index is 1710. The fraction of sp³-hybridized carbons (Fsp3) is 0.333. The third kappa shape index (κ3) is 9.14. The van der Waals surface area contributed by atoms with Crippen molar-refractivity contribution in [3.63, 3.8) is 0 Å². The molecule has 13 heteroatoms. The van der Waals surface area contributed by atoms with Crippen molar-refractivity contribution in [3.8, 4) is 17.2 Å². The molecule has 2 amide bonds. The van der Waals surface area contributed by atoms with Gasteiger partial charge in [-0.25, -0.2) is 9.97 Å². The number of aryl methyl sites for hydroxylation is 2. The molecule has 2 heterocycles. The zero-order valence-electron chi connectivity index (χ0n) is 28.2. The molecule has 1 saturated heterocycles. The van der Waals surface area contributed by atoms with Crippen LogP contribution in [-0.2, 0) is 20.9 Å². The molecule has 5 rings (SSSR count). The number of carbonyl (C=O) groups excluding carboxylic acids is 2. The summed E-state index contributed by atoms with van der Waals surface area (Å²) in [6.45, 7) is 6.79. The summed E-state index contributed by atoms with van der Waals surface area (Å²) in [5, 5.41) is 4.09. The Labute approximate surface area is 295 Å². The van der Waals surface area contributed by atoms with Crippen molar-refractivity contribution in [2.24, 2.45) is 0 Å². The second-order valence-electron chi connectivity index (χ2n) is 11.4. The Morgan fingerprint density at radius 1 is 0.918 bits per heavy atom. The number of anilines is 2. The molecule has 49 heavy (non-hydrogen) atoms. The highest BCUT2D eigenvalue weighted by molar-refractivity contribution is 7.99. The van der Waals surface area contributed by atoms with Gasteiger partial charge in [0, 0.05) is 47.4 Å². The van der Waals surface area contributed by atoms with Crippen LogP contribution in [0.4, 0.5) is 11.4 Å². The van der Waals surface area contributed by atoms with Crippen molar-refractivity contribution in [1.82, 2.24) is 14.9 Å². The Hall–Kier alpha value is -4.52. The van der Waals surface area contributed by atoms with Crippen molar-refractivity contribution in [3.05, 3.63) is 94.3 Å². The molecule has 0 radical (unpaired) electrons. The lowest BCUT2D eigenvalue weighted by Crippen LogP contribution is -2.42. The van der Waals surface area contributed by atoms with Gasteiger partial charge in [0.1, 0.15) is 6.04 Å². The standard InChI is InChI=1S/C36H40ClN5O6S/c1-23-18-24(2)39-36(38-23)49-22-32(43)42(21-25-6-8-27(37)9-7-25)33(26-19-30(45-3)34(47-5)31(20-26)46-4)35(44)40-28-10-12-29(13-11-28)41-14-16-48-17-15-41/h6-13,18-20,33H,14-17,21-22H2,1-5H3,(H,40,44). The van der Waals surface area contributed by atoms with Crippen molar-refractivity contribution in [1.29, 1.82) is 0 Å². The number of methoxy groups -OCH3 is 3. The van der Waals surface area contributed by atoms with Crippen LogP contribution in [0.2, 0.25) is 5.02 Å². The molecule has 1 aromatic heterocycles. The van der Waals surface area contributed by atoms with E-state index in [1.807, 2.05) is 56.3 Å². The van der Waals surface area contributed by atoms with Gasteiger partial charge in [-0.1, -0.05) is 35.5 Å². The number of hydrogen-bond donors (Lipinski definition) is 1. The van der Waals surface area contributed by atoms with Gasteiger partial charge in [-0.2, -0.15) is 0 Å². The van der Waals surface area contributed by atoms with Gasteiger partial charge in [0.05, 0.1) is 40.3 Å². The van der Waals surface area contributed by atoms with Gasteiger partial charge in [0.2, 0.25) is 11.7 Å². The number of ether oxygens (including phenoxy) is 4. The van der Waals surface area contributed by atoms with Crippen LogP contribution in [0, 0.1) is 13.8 Å². The highest BCUT2D eigenvalue weighted by atomic mass is 35.5. The molecule has 1 unspecified atom stereocenters. The van der Waals surface area contributed by atoms with Gasteiger partial charge < -0.3 is 34.1 Å². The largest absolute Gasteiger partial charge is 0.493 e. The number of rotatable bonds is 13. The minimum atomic E-state index is -1.11. The van der Waals surface area contributed by atoms with Crippen molar-refractivity contribution in [2.75, 3.05) is 63.6 Å². The lowest BCUT2D eigenvalue weighted by Gasteiger charge is -2.32. The van der Waals surface area contributed by atoms with E-state index in [0.29, 0.717) is 51.9 Å². The number of aromatic nitrogens is 2. The van der Waals surface area contributed by atoms with E-state index in [9.17, 15) is 9.59 Å². The molecule has 0 spiro atoms. The summed E-state index contributed by atoms with van der Waals surface area (Å²) in [5.41, 5.74) is 4.46. The number of thioether (sulfide) groups is 1. The van der Waals surface area contributed by atoms with Crippen LogP contribution in [0.5, 0.6) is 17.2 Å². The fourth-order valence-electron chi connectivity index (χ4n) is 5.60. The van der Waals surface area contributed by atoms with Crippen LogP contribution in [0.15, 0.2) is 71.9 Å². The molecule has 1 atom stereocenters. The zero-order chi connectivity index (χ0) is 34.9. The zero-order valence-corrected chi connectivity index (χ0v) is 29.8. The van der Waals surface area contributed by atoms with E-state index < -0.39 is 11.9 Å². The number of nitrogens with zero attached hydrogens (tertiary/aromatic N) is 4. The van der Waals surface area contributed by atoms with E-state index in [0.717, 1.165) is 35.7 Å². The average molecular weight is 706 g/mol. The predicted octanol–water partition coefficient (Wildman–Crippen LogP) is 6.11. The van der Waals surface area contributed by atoms with E-state index in [1.54, 1.807) is 24.3 Å². The van der Waals surface area contributed by atoms with E-state index in [-0.39, 0.29) is 18.2 Å². The summed E-state index contributed by atoms with van der Waals surface area (Å²) in [6, 6.07) is 18.9. The van der Waals surface area contributed by atoms with E-state index >= 15 is 0 Å². The summed E-state index contributed by atoms with van der Waals surface area (Å²) >= 11 is 7.41. The fourth-order valence-corrected chi connectivity index (χ4v) is 6.56. The molecule has 1 N–H and O–H groups in total. The van der Waals surface area contributed by atoms with Gasteiger partial charge in [0.15, 0.2) is 16.7 Å². The first-order chi connectivity index (χ1) is 23.7. The highest BCUT2D eigenvalue weighted by Gasteiger charge is 2.34. The quantitative estimate of drug-likeness (QED) is 0.129. The Morgan fingerprint density at radius 3 is 2.10 bits per heavy atom. The van der Waals surface area contributed by atoms with Gasteiger partial charge in [-0.15, -0.1) is 0 Å². The maximum Gasteiger partial charge on any atom is 0.251 e. The lowest BCUT2D eigenvalue weighted by molar-refractivity contribution is -0.137. The first-order valence-corrected chi connectivity index (χ1v) is 17.1. The average Bonchev–Trinajstić information content (AvgIpc) is 3.11. The van der Waals surface area contributed by atoms with Crippen LogP contribution in [0.25, 0.3) is 0 Å². The first kappa shape index (κ1) is 35.8. The highest BCUT2D eigenvalue weighted by Crippen LogP contribution is 2.41. The van der Waals surface area contributed by atoms with Gasteiger partial charge in [-0.05, 0) is 79.6 Å². The van der Waals surface area contributed by atoms with Crippen LogP contribution in [0.1, 0.15) is 28.6 Å². The first-order valence-electron chi connectivity index (χ1n) is 15.7. The minimum absolute atomic E-state index is 0.0149. The maximum absolute atomic E-state index is 14.5. The molecular formula is C36H40ClN5O6S. The van der Waals surface area contributed by atoms with Crippen LogP contribution in [-0.4, -0.2) is 80.1 Å². The molecule has 0 aliphatic carbocycles. The smallest absolute Gasteiger partial charge is 0.251 e. The lowest BCUT2D eigenvalue weighted by atomic mass is 10.0. The number of amides is 2. The molecule has 0 bridgehead atoms. The molecule has 1 fully saturated rings. The molecule has 258 valence electrons. The normalized spacial score (nSPS) is 13.4. The molecule has 3 aromatic carbocycles. The second kappa shape index (κ2) is 16.7. The molecule has 0 saturated carbocycles. The second-order valence-corrected chi connectivity index (χ2v) is 12.7. The Kier molecular flexibility index (Phi) is 12.2. The van der Waals surface area contributed by atoms with Gasteiger partial charge in [-0.3, -0.25) is 9.59 Å². The molecule has 11 nitrogen and oxygen atoms in total. The third-order valence-corrected chi connectivity index (χ3v) is 9.03.